The molecule has 0 bridgehead atoms. The molecule has 0 spiro atoms. The summed E-state index contributed by atoms with van der Waals surface area (Å²) in [4.78, 5) is 24.7. The summed E-state index contributed by atoms with van der Waals surface area (Å²) in [6, 6.07) is 9.88. The van der Waals surface area contributed by atoms with Crippen molar-refractivity contribution in [3.8, 4) is 0 Å². The molecule has 2 rings (SSSR count). The van der Waals surface area contributed by atoms with Crippen molar-refractivity contribution < 1.29 is 9.59 Å². The third-order valence-electron chi connectivity index (χ3n) is 2.94. The zero-order valence-electron chi connectivity index (χ0n) is 11.1. The highest BCUT2D eigenvalue weighted by molar-refractivity contribution is 8.04. The highest BCUT2D eigenvalue weighted by Crippen LogP contribution is 2.31. The fraction of sp³-hybridized carbons (Fsp3) is 0.286. The average Bonchev–Trinajstić information content (AvgIpc) is 2.79. The molecule has 0 radical (unpaired) electrons. The van der Waals surface area contributed by atoms with E-state index in [1.165, 1.54) is 16.7 Å². The van der Waals surface area contributed by atoms with Crippen LogP contribution in [0.4, 0.5) is 0 Å². The molecular weight excluding hydrogens is 296 g/mol. The number of carbonyl (C=O) groups excluding carboxylic acids is 2. The molecule has 4 nitrogen and oxygen atoms in total. The predicted molar refractivity (Wildman–Crippen MR) is 81.3 cm³/mol. The number of nitrogens with one attached hydrogen (secondary N) is 1. The first kappa shape index (κ1) is 14.9. The topological polar surface area (TPSA) is 49.4 Å². The van der Waals surface area contributed by atoms with E-state index in [1.54, 1.807) is 7.05 Å². The molecule has 1 fully saturated rings. The largest absolute Gasteiger partial charge is 0.351 e. The third kappa shape index (κ3) is 3.55. The second-order valence-corrected chi connectivity index (χ2v) is 5.69. The molecule has 2 amide bonds. The molecule has 106 valence electrons. The minimum absolute atomic E-state index is 0.0414. The van der Waals surface area contributed by atoms with E-state index < -0.39 is 0 Å². The van der Waals surface area contributed by atoms with E-state index in [1.807, 2.05) is 30.3 Å². The van der Waals surface area contributed by atoms with E-state index in [4.69, 9.17) is 11.6 Å². The highest BCUT2D eigenvalue weighted by Gasteiger charge is 2.27. The fourth-order valence-corrected chi connectivity index (χ4v) is 3.11. The molecule has 0 atom stereocenters. The van der Waals surface area contributed by atoms with Crippen molar-refractivity contribution in [1.82, 2.24) is 10.2 Å². The Balaban J connectivity index is 1.89. The number of rotatable bonds is 4. The van der Waals surface area contributed by atoms with Gasteiger partial charge >= 0.3 is 0 Å². The molecule has 1 N–H and O–H groups in total. The maximum Gasteiger partial charge on any atom is 0.265 e. The first-order valence-electron chi connectivity index (χ1n) is 6.21. The predicted octanol–water partition coefficient (Wildman–Crippen LogP) is 1.96. The Morgan fingerprint density at radius 1 is 1.40 bits per heavy atom. The number of hydrogen-bond acceptors (Lipinski definition) is 3. The van der Waals surface area contributed by atoms with Crippen LogP contribution in [0.15, 0.2) is 40.4 Å². The lowest BCUT2D eigenvalue weighted by molar-refractivity contribution is -0.124. The molecule has 6 heteroatoms. The highest BCUT2D eigenvalue weighted by atomic mass is 35.5. The number of amides is 2. The van der Waals surface area contributed by atoms with Gasteiger partial charge in [0.05, 0.1) is 5.75 Å². The Morgan fingerprint density at radius 2 is 2.10 bits per heavy atom. The normalized spacial score (nSPS) is 17.3. The molecule has 1 saturated heterocycles. The summed E-state index contributed by atoms with van der Waals surface area (Å²) in [5.41, 5.74) is 1.15. The van der Waals surface area contributed by atoms with Gasteiger partial charge in [-0.05, 0) is 12.0 Å². The summed E-state index contributed by atoms with van der Waals surface area (Å²) in [7, 11) is 1.62. The van der Waals surface area contributed by atoms with Gasteiger partial charge in [-0.2, -0.15) is 0 Å². The Morgan fingerprint density at radius 3 is 2.70 bits per heavy atom. The first-order valence-corrected chi connectivity index (χ1v) is 7.57. The molecule has 1 aromatic carbocycles. The van der Waals surface area contributed by atoms with E-state index in [-0.39, 0.29) is 16.8 Å². The summed E-state index contributed by atoms with van der Waals surface area (Å²) in [5.74, 6) is -0.0498. The van der Waals surface area contributed by atoms with Crippen LogP contribution >= 0.6 is 23.4 Å². The maximum absolute atomic E-state index is 11.9. The molecular formula is C14H15ClN2O2S. The summed E-state index contributed by atoms with van der Waals surface area (Å²) in [6.07, 6.45) is 0.744. The Kier molecular flexibility index (Phi) is 5.09. The van der Waals surface area contributed by atoms with Crippen LogP contribution in [0.2, 0.25) is 0 Å². The molecule has 1 aromatic rings. The van der Waals surface area contributed by atoms with Crippen molar-refractivity contribution in [1.29, 1.82) is 0 Å². The summed E-state index contributed by atoms with van der Waals surface area (Å²) >= 11 is 7.32. The molecule has 1 aliphatic heterocycles. The van der Waals surface area contributed by atoms with Crippen molar-refractivity contribution in [2.45, 2.75) is 6.42 Å². The van der Waals surface area contributed by atoms with Gasteiger partial charge < -0.3 is 10.2 Å². The molecule has 0 aliphatic carbocycles. The molecule has 0 saturated carbocycles. The van der Waals surface area contributed by atoms with E-state index in [9.17, 15) is 9.59 Å². The van der Waals surface area contributed by atoms with Crippen molar-refractivity contribution in [2.75, 3.05) is 19.3 Å². The summed E-state index contributed by atoms with van der Waals surface area (Å²) in [5, 5.41) is 3.37. The van der Waals surface area contributed by atoms with E-state index in [2.05, 4.69) is 5.32 Å². The van der Waals surface area contributed by atoms with E-state index >= 15 is 0 Å². The van der Waals surface area contributed by atoms with Crippen LogP contribution < -0.4 is 5.32 Å². The summed E-state index contributed by atoms with van der Waals surface area (Å²) in [6.45, 7) is 0.509. The van der Waals surface area contributed by atoms with Crippen molar-refractivity contribution >= 4 is 35.2 Å². The van der Waals surface area contributed by atoms with Crippen molar-refractivity contribution in [3.63, 3.8) is 0 Å². The second kappa shape index (κ2) is 6.81. The van der Waals surface area contributed by atoms with Crippen LogP contribution in [0, 0.1) is 0 Å². The van der Waals surface area contributed by atoms with Crippen LogP contribution in [0.1, 0.15) is 5.56 Å². The standard InChI is InChI=1S/C14H15ClN2O2S/c1-17-11(18)9-20-14(17)12(15)13(19)16-8-7-10-5-3-2-4-6-10/h2-6H,7-9H2,1H3,(H,16,19)/b14-12+. The van der Waals surface area contributed by atoms with E-state index in [0.717, 1.165) is 12.0 Å². The number of thioether (sulfide) groups is 1. The van der Waals surface area contributed by atoms with Gasteiger partial charge in [0.1, 0.15) is 10.1 Å². The lowest BCUT2D eigenvalue weighted by Crippen LogP contribution is -2.28. The molecule has 1 aliphatic rings. The van der Waals surface area contributed by atoms with Gasteiger partial charge in [-0.25, -0.2) is 0 Å². The smallest absolute Gasteiger partial charge is 0.265 e. The van der Waals surface area contributed by atoms with Crippen molar-refractivity contribution in [2.24, 2.45) is 0 Å². The quantitative estimate of drug-likeness (QED) is 0.865. The van der Waals surface area contributed by atoms with Gasteiger partial charge in [0.2, 0.25) is 5.91 Å². The number of halogens is 1. The SMILES string of the molecule is CN1C(=O)CS/C1=C(/Cl)C(=O)NCCc1ccccc1. The second-order valence-electron chi connectivity index (χ2n) is 4.35. The molecule has 0 aromatic heterocycles. The van der Waals surface area contributed by atoms with Crippen LogP contribution in [-0.2, 0) is 16.0 Å². The maximum atomic E-state index is 11.9. The van der Waals surface area contributed by atoms with Crippen LogP contribution in [-0.4, -0.2) is 36.1 Å². The zero-order valence-corrected chi connectivity index (χ0v) is 12.6. The Labute approximate surface area is 127 Å². The average molecular weight is 311 g/mol. The zero-order chi connectivity index (χ0) is 14.5. The van der Waals surface area contributed by atoms with Gasteiger partial charge in [-0.1, -0.05) is 53.7 Å². The number of carbonyl (C=O) groups is 2. The van der Waals surface area contributed by atoms with Crippen LogP contribution in [0.3, 0.4) is 0 Å². The van der Waals surface area contributed by atoms with Gasteiger partial charge in [-0.15, -0.1) is 0 Å². The minimum Gasteiger partial charge on any atom is -0.351 e. The third-order valence-corrected chi connectivity index (χ3v) is 4.55. The van der Waals surface area contributed by atoms with E-state index in [0.29, 0.717) is 17.3 Å². The summed E-state index contributed by atoms with van der Waals surface area (Å²) < 4.78 is 0. The Hall–Kier alpha value is -1.46. The molecule has 20 heavy (non-hydrogen) atoms. The first-order chi connectivity index (χ1) is 9.59. The lowest BCUT2D eigenvalue weighted by atomic mass is 10.1. The van der Waals surface area contributed by atoms with Gasteiger partial charge in [0.15, 0.2) is 0 Å². The van der Waals surface area contributed by atoms with Gasteiger partial charge in [-0.3, -0.25) is 9.59 Å². The van der Waals surface area contributed by atoms with Crippen LogP contribution in [0.25, 0.3) is 0 Å². The van der Waals surface area contributed by atoms with Gasteiger partial charge in [0, 0.05) is 13.6 Å². The number of nitrogens with zero attached hydrogens (tertiary/aromatic N) is 1. The lowest BCUT2D eigenvalue weighted by Gasteiger charge is -2.12. The number of hydrogen-bond donors (Lipinski definition) is 1. The number of benzene rings is 1. The van der Waals surface area contributed by atoms with Gasteiger partial charge in [0.25, 0.3) is 5.91 Å². The molecule has 0 unspecified atom stereocenters. The van der Waals surface area contributed by atoms with Crippen molar-refractivity contribution in [3.05, 3.63) is 46.0 Å². The monoisotopic (exact) mass is 310 g/mol. The molecule has 1 heterocycles. The Bertz CT molecular complexity index is 545. The minimum atomic E-state index is -0.341. The van der Waals surface area contributed by atoms with Crippen LogP contribution in [0.5, 0.6) is 0 Å². The fourth-order valence-electron chi connectivity index (χ4n) is 1.79.